The van der Waals surface area contributed by atoms with E-state index >= 15 is 0 Å². The standard InChI is InChI=1S/C30H30N4/c1-2-9-24(10-3-1)21-34-29-16-7-6-15-28(29)31-30(34)23-33-19-17-32(18-20-33)22-26-13-8-12-25-11-4-5-14-27(25)26/h1-16H,17-23H2. The number of nitrogens with zero attached hydrogens (tertiary/aromatic N) is 4. The van der Waals surface area contributed by atoms with Crippen molar-refractivity contribution in [1.82, 2.24) is 19.4 Å². The Kier molecular flexibility index (Phi) is 5.84. The molecule has 170 valence electrons. The highest BCUT2D eigenvalue weighted by molar-refractivity contribution is 5.85. The minimum Gasteiger partial charge on any atom is -0.322 e. The SMILES string of the molecule is c1ccc(Cn2c(CN3CCN(Cc4cccc5ccccc45)CC3)nc3ccccc32)cc1. The fraction of sp³-hybridized carbons (Fsp3) is 0.233. The van der Waals surface area contributed by atoms with Gasteiger partial charge in [0.15, 0.2) is 0 Å². The summed E-state index contributed by atoms with van der Waals surface area (Å²) in [6, 6.07) is 34.6. The zero-order valence-corrected chi connectivity index (χ0v) is 19.5. The Morgan fingerprint density at radius 1 is 0.588 bits per heavy atom. The smallest absolute Gasteiger partial charge is 0.124 e. The second-order valence-electron chi connectivity index (χ2n) is 9.28. The molecule has 4 nitrogen and oxygen atoms in total. The molecule has 0 atom stereocenters. The van der Waals surface area contributed by atoms with Crippen LogP contribution in [-0.4, -0.2) is 45.5 Å². The van der Waals surface area contributed by atoms with E-state index in [-0.39, 0.29) is 0 Å². The van der Waals surface area contributed by atoms with Crippen LogP contribution >= 0.6 is 0 Å². The molecule has 0 saturated carbocycles. The fourth-order valence-corrected chi connectivity index (χ4v) is 5.17. The van der Waals surface area contributed by atoms with E-state index in [0.717, 1.165) is 57.2 Å². The summed E-state index contributed by atoms with van der Waals surface area (Å²) in [7, 11) is 0. The first-order valence-electron chi connectivity index (χ1n) is 12.2. The monoisotopic (exact) mass is 446 g/mol. The topological polar surface area (TPSA) is 24.3 Å². The predicted molar refractivity (Wildman–Crippen MR) is 140 cm³/mol. The molecule has 0 aliphatic carbocycles. The van der Waals surface area contributed by atoms with Crippen LogP contribution in [0.1, 0.15) is 17.0 Å². The first-order chi connectivity index (χ1) is 16.8. The molecule has 5 aromatic rings. The maximum Gasteiger partial charge on any atom is 0.124 e. The van der Waals surface area contributed by atoms with Gasteiger partial charge in [-0.05, 0) is 34.0 Å². The molecular formula is C30H30N4. The van der Waals surface area contributed by atoms with Gasteiger partial charge in [0.2, 0.25) is 0 Å². The lowest BCUT2D eigenvalue weighted by Crippen LogP contribution is -2.45. The Morgan fingerprint density at radius 2 is 1.26 bits per heavy atom. The lowest BCUT2D eigenvalue weighted by Gasteiger charge is -2.34. The van der Waals surface area contributed by atoms with Gasteiger partial charge < -0.3 is 4.57 Å². The zero-order chi connectivity index (χ0) is 22.7. The predicted octanol–water partition coefficient (Wildman–Crippen LogP) is 5.56. The molecule has 34 heavy (non-hydrogen) atoms. The van der Waals surface area contributed by atoms with Gasteiger partial charge in [-0.3, -0.25) is 9.80 Å². The lowest BCUT2D eigenvalue weighted by molar-refractivity contribution is 0.119. The Bertz CT molecular complexity index is 1390. The van der Waals surface area contributed by atoms with E-state index in [1.165, 1.54) is 27.4 Å². The molecular weight excluding hydrogens is 416 g/mol. The van der Waals surface area contributed by atoms with Gasteiger partial charge in [-0.25, -0.2) is 4.98 Å². The average molecular weight is 447 g/mol. The van der Waals surface area contributed by atoms with E-state index in [0.29, 0.717) is 0 Å². The number of hydrogen-bond acceptors (Lipinski definition) is 3. The van der Waals surface area contributed by atoms with E-state index in [1.54, 1.807) is 0 Å². The van der Waals surface area contributed by atoms with Gasteiger partial charge in [0, 0.05) is 39.3 Å². The number of piperazine rings is 1. The summed E-state index contributed by atoms with van der Waals surface area (Å²) in [5.74, 6) is 1.16. The first-order valence-corrected chi connectivity index (χ1v) is 12.2. The molecule has 1 saturated heterocycles. The normalized spacial score (nSPS) is 15.3. The number of aromatic nitrogens is 2. The van der Waals surface area contributed by atoms with E-state index in [9.17, 15) is 0 Å². The van der Waals surface area contributed by atoms with E-state index < -0.39 is 0 Å². The number of rotatable bonds is 6. The van der Waals surface area contributed by atoms with Crippen LogP contribution < -0.4 is 0 Å². The van der Waals surface area contributed by atoms with Crippen molar-refractivity contribution in [3.8, 4) is 0 Å². The highest BCUT2D eigenvalue weighted by Gasteiger charge is 2.20. The van der Waals surface area contributed by atoms with Gasteiger partial charge >= 0.3 is 0 Å². The number of imidazole rings is 1. The highest BCUT2D eigenvalue weighted by Crippen LogP contribution is 2.22. The van der Waals surface area contributed by atoms with Crippen molar-refractivity contribution in [2.45, 2.75) is 19.6 Å². The van der Waals surface area contributed by atoms with Crippen molar-refractivity contribution in [1.29, 1.82) is 0 Å². The van der Waals surface area contributed by atoms with Gasteiger partial charge in [-0.2, -0.15) is 0 Å². The van der Waals surface area contributed by atoms with Crippen molar-refractivity contribution < 1.29 is 0 Å². The second-order valence-corrected chi connectivity index (χ2v) is 9.28. The quantitative estimate of drug-likeness (QED) is 0.342. The molecule has 0 N–H and O–H groups in total. The van der Waals surface area contributed by atoms with Crippen molar-refractivity contribution in [2.75, 3.05) is 26.2 Å². The van der Waals surface area contributed by atoms with E-state index in [4.69, 9.17) is 4.98 Å². The number of hydrogen-bond donors (Lipinski definition) is 0. The molecule has 0 bridgehead atoms. The minimum absolute atomic E-state index is 0.859. The molecule has 1 aromatic heterocycles. The Balaban J connectivity index is 1.16. The van der Waals surface area contributed by atoms with Crippen molar-refractivity contribution in [2.24, 2.45) is 0 Å². The molecule has 0 unspecified atom stereocenters. The molecule has 1 aliphatic rings. The number of benzene rings is 4. The summed E-state index contributed by atoms with van der Waals surface area (Å²) in [5.41, 5.74) is 5.04. The van der Waals surface area contributed by atoms with Crippen LogP contribution in [0.25, 0.3) is 21.8 Å². The Hall–Kier alpha value is -3.47. The maximum absolute atomic E-state index is 5.03. The van der Waals surface area contributed by atoms with Crippen LogP contribution in [0.4, 0.5) is 0 Å². The largest absolute Gasteiger partial charge is 0.322 e. The Morgan fingerprint density at radius 3 is 2.12 bits per heavy atom. The van der Waals surface area contributed by atoms with Crippen LogP contribution in [0.15, 0.2) is 97.1 Å². The summed E-state index contributed by atoms with van der Waals surface area (Å²) in [6.07, 6.45) is 0. The van der Waals surface area contributed by atoms with Gasteiger partial charge in [-0.15, -0.1) is 0 Å². The molecule has 1 fully saturated rings. The van der Waals surface area contributed by atoms with Crippen LogP contribution in [0.3, 0.4) is 0 Å². The van der Waals surface area contributed by atoms with Crippen molar-refractivity contribution in [3.63, 3.8) is 0 Å². The summed E-state index contributed by atoms with van der Waals surface area (Å²) in [5, 5.41) is 2.71. The maximum atomic E-state index is 5.03. The third-order valence-electron chi connectivity index (χ3n) is 7.02. The first kappa shape index (κ1) is 21.1. The summed E-state index contributed by atoms with van der Waals surface area (Å²) >= 11 is 0. The van der Waals surface area contributed by atoms with Crippen molar-refractivity contribution in [3.05, 3.63) is 114 Å². The van der Waals surface area contributed by atoms with Gasteiger partial charge in [0.05, 0.1) is 17.6 Å². The van der Waals surface area contributed by atoms with E-state index in [1.807, 2.05) is 0 Å². The molecule has 0 amide bonds. The van der Waals surface area contributed by atoms with Crippen LogP contribution in [-0.2, 0) is 19.6 Å². The molecule has 6 rings (SSSR count). The lowest BCUT2D eigenvalue weighted by atomic mass is 10.0. The van der Waals surface area contributed by atoms with Gasteiger partial charge in [0.1, 0.15) is 5.82 Å². The molecule has 1 aliphatic heterocycles. The molecule has 0 spiro atoms. The minimum atomic E-state index is 0.859. The van der Waals surface area contributed by atoms with Gasteiger partial charge in [-0.1, -0.05) is 84.9 Å². The summed E-state index contributed by atoms with van der Waals surface area (Å²) < 4.78 is 2.40. The number of para-hydroxylation sites is 2. The molecule has 4 heteroatoms. The van der Waals surface area contributed by atoms with Crippen LogP contribution in [0.2, 0.25) is 0 Å². The third-order valence-corrected chi connectivity index (χ3v) is 7.02. The fourth-order valence-electron chi connectivity index (χ4n) is 5.17. The van der Waals surface area contributed by atoms with Gasteiger partial charge in [0.25, 0.3) is 0 Å². The summed E-state index contributed by atoms with van der Waals surface area (Å²) in [4.78, 5) is 10.2. The Labute approximate surface area is 201 Å². The molecule has 4 aromatic carbocycles. The molecule has 2 heterocycles. The summed E-state index contributed by atoms with van der Waals surface area (Å²) in [6.45, 7) is 7.08. The van der Waals surface area contributed by atoms with Crippen molar-refractivity contribution >= 4 is 21.8 Å². The second kappa shape index (κ2) is 9.41. The third kappa shape index (κ3) is 4.35. The van der Waals surface area contributed by atoms with E-state index in [2.05, 4.69) is 111 Å². The average Bonchev–Trinajstić information content (AvgIpc) is 3.23. The molecule has 0 radical (unpaired) electrons. The zero-order valence-electron chi connectivity index (χ0n) is 19.5. The number of fused-ring (bicyclic) bond motifs is 2. The highest BCUT2D eigenvalue weighted by atomic mass is 15.3. The van der Waals surface area contributed by atoms with Crippen LogP contribution in [0, 0.1) is 0 Å². The van der Waals surface area contributed by atoms with Crippen LogP contribution in [0.5, 0.6) is 0 Å².